The molecule has 0 aromatic carbocycles. The van der Waals surface area contributed by atoms with Gasteiger partial charge in [-0.15, -0.1) is 5.73 Å². The number of hydrogen-bond acceptors (Lipinski definition) is 0. The summed E-state index contributed by atoms with van der Waals surface area (Å²) >= 11 is 0. The van der Waals surface area contributed by atoms with Crippen LogP contribution in [0.25, 0.3) is 0 Å². The van der Waals surface area contributed by atoms with Crippen LogP contribution in [-0.2, 0) is 0 Å². The summed E-state index contributed by atoms with van der Waals surface area (Å²) in [5.74, 6) is 0. The van der Waals surface area contributed by atoms with Gasteiger partial charge in [-0.1, -0.05) is 17.7 Å². The lowest BCUT2D eigenvalue weighted by atomic mass is 10.1. The molecule has 0 spiro atoms. The van der Waals surface area contributed by atoms with E-state index in [-0.39, 0.29) is 0 Å². The predicted octanol–water partition coefficient (Wildman–Crippen LogP) is 2.99. The first-order valence-electron chi connectivity index (χ1n) is 3.54. The quantitative estimate of drug-likeness (QED) is 0.444. The summed E-state index contributed by atoms with van der Waals surface area (Å²) in [7, 11) is 0. The molecule has 0 unspecified atom stereocenters. The molecule has 0 radical (unpaired) electrons. The largest absolute Gasteiger partial charge is 0.125 e. The molecule has 0 atom stereocenters. The van der Waals surface area contributed by atoms with Crippen LogP contribution in [0.15, 0.2) is 41.2 Å². The van der Waals surface area contributed by atoms with Crippen LogP contribution in [0, 0.1) is 0 Å². The van der Waals surface area contributed by atoms with Crippen molar-refractivity contribution in [1.29, 1.82) is 0 Å². The summed E-state index contributed by atoms with van der Waals surface area (Å²) in [4.78, 5) is 0. The Morgan fingerprint density at radius 2 is 2.10 bits per heavy atom. The highest BCUT2D eigenvalue weighted by molar-refractivity contribution is 5.26. The maximum absolute atomic E-state index is 3.11. The van der Waals surface area contributed by atoms with Gasteiger partial charge in [0.15, 0.2) is 0 Å². The summed E-state index contributed by atoms with van der Waals surface area (Å²) in [6.07, 6.45) is 9.37. The Labute approximate surface area is 62.3 Å². The van der Waals surface area contributed by atoms with Crippen LogP contribution in [0.4, 0.5) is 0 Å². The molecule has 0 nitrogen and oxygen atoms in total. The Kier molecular flexibility index (Phi) is 2.30. The van der Waals surface area contributed by atoms with Crippen molar-refractivity contribution in [3.8, 4) is 0 Å². The molecule has 0 heteroatoms. The minimum atomic E-state index is 1.03. The molecule has 0 amide bonds. The van der Waals surface area contributed by atoms with E-state index in [1.165, 1.54) is 11.1 Å². The lowest BCUT2D eigenvalue weighted by Crippen LogP contribution is -1.74. The van der Waals surface area contributed by atoms with Gasteiger partial charge >= 0.3 is 0 Å². The van der Waals surface area contributed by atoms with E-state index >= 15 is 0 Å². The van der Waals surface area contributed by atoms with Crippen LogP contribution in [-0.4, -0.2) is 0 Å². The van der Waals surface area contributed by atoms with E-state index < -0.39 is 0 Å². The standard InChI is InChI=1S/C10H12/c1-9-5-3-4-6-10(2)8-7-9/h3,6-8H,5H2,1-2H3/b9-7-,10-8-. The zero-order chi connectivity index (χ0) is 7.40. The van der Waals surface area contributed by atoms with Crippen molar-refractivity contribution in [1.82, 2.24) is 0 Å². The minimum Gasteiger partial charge on any atom is -0.125 e. The average molecular weight is 132 g/mol. The maximum Gasteiger partial charge on any atom is -0.00622 e. The molecule has 0 bridgehead atoms. The summed E-state index contributed by atoms with van der Waals surface area (Å²) in [5, 5.41) is 0. The molecule has 0 N–H and O–H groups in total. The van der Waals surface area contributed by atoms with E-state index in [0.717, 1.165) is 6.42 Å². The van der Waals surface area contributed by atoms with E-state index in [4.69, 9.17) is 0 Å². The Morgan fingerprint density at radius 1 is 1.30 bits per heavy atom. The molecule has 0 aromatic rings. The van der Waals surface area contributed by atoms with Crippen LogP contribution < -0.4 is 0 Å². The fraction of sp³-hybridized carbons (Fsp3) is 0.300. The third-order valence-corrected chi connectivity index (χ3v) is 1.48. The third-order valence-electron chi connectivity index (χ3n) is 1.48. The predicted molar refractivity (Wildman–Crippen MR) is 44.8 cm³/mol. The summed E-state index contributed by atoms with van der Waals surface area (Å²) < 4.78 is 0. The van der Waals surface area contributed by atoms with Gasteiger partial charge in [0.05, 0.1) is 0 Å². The molecule has 0 fully saturated rings. The normalized spacial score (nSPS) is 27.8. The van der Waals surface area contributed by atoms with Crippen molar-refractivity contribution in [3.05, 3.63) is 41.2 Å². The Balaban J connectivity index is 2.89. The fourth-order valence-corrected chi connectivity index (χ4v) is 0.800. The molecule has 10 heavy (non-hydrogen) atoms. The molecular formula is C10H12. The van der Waals surface area contributed by atoms with Gasteiger partial charge in [0.25, 0.3) is 0 Å². The van der Waals surface area contributed by atoms with Gasteiger partial charge in [0, 0.05) is 0 Å². The molecule has 1 rings (SSSR count). The van der Waals surface area contributed by atoms with Gasteiger partial charge in [-0.2, -0.15) is 0 Å². The van der Waals surface area contributed by atoms with Gasteiger partial charge in [0.2, 0.25) is 0 Å². The fourth-order valence-electron chi connectivity index (χ4n) is 0.800. The molecule has 0 saturated carbocycles. The number of rotatable bonds is 0. The topological polar surface area (TPSA) is 0 Å². The highest BCUT2D eigenvalue weighted by atomic mass is 13.9. The third kappa shape index (κ3) is 2.08. The molecular weight excluding hydrogens is 120 g/mol. The Morgan fingerprint density at radius 3 is 2.90 bits per heavy atom. The molecule has 0 heterocycles. The van der Waals surface area contributed by atoms with Crippen molar-refractivity contribution >= 4 is 0 Å². The van der Waals surface area contributed by atoms with Crippen LogP contribution in [0.1, 0.15) is 20.3 Å². The van der Waals surface area contributed by atoms with Gasteiger partial charge < -0.3 is 0 Å². The molecule has 1 aliphatic rings. The van der Waals surface area contributed by atoms with Crippen molar-refractivity contribution in [3.63, 3.8) is 0 Å². The minimum absolute atomic E-state index is 1.03. The Bertz CT molecular complexity index is 233. The van der Waals surface area contributed by atoms with E-state index in [1.54, 1.807) is 0 Å². The van der Waals surface area contributed by atoms with Gasteiger partial charge in [-0.05, 0) is 38.0 Å². The van der Waals surface area contributed by atoms with Crippen molar-refractivity contribution < 1.29 is 0 Å². The van der Waals surface area contributed by atoms with E-state index in [2.05, 4.69) is 37.8 Å². The van der Waals surface area contributed by atoms with Gasteiger partial charge in [-0.3, -0.25) is 0 Å². The maximum atomic E-state index is 3.11. The van der Waals surface area contributed by atoms with E-state index in [1.807, 2.05) is 6.08 Å². The lowest BCUT2D eigenvalue weighted by Gasteiger charge is -1.94. The molecule has 1 aliphatic carbocycles. The second kappa shape index (κ2) is 3.24. The summed E-state index contributed by atoms with van der Waals surface area (Å²) in [6.45, 7) is 4.21. The van der Waals surface area contributed by atoms with E-state index in [9.17, 15) is 0 Å². The molecule has 0 aliphatic heterocycles. The van der Waals surface area contributed by atoms with Gasteiger partial charge in [-0.25, -0.2) is 0 Å². The van der Waals surface area contributed by atoms with Crippen LogP contribution in [0.5, 0.6) is 0 Å². The highest BCUT2D eigenvalue weighted by Crippen LogP contribution is 2.05. The second-order valence-corrected chi connectivity index (χ2v) is 2.64. The molecule has 0 saturated heterocycles. The van der Waals surface area contributed by atoms with Crippen molar-refractivity contribution in [2.45, 2.75) is 20.3 Å². The highest BCUT2D eigenvalue weighted by Gasteiger charge is 1.85. The zero-order valence-electron chi connectivity index (χ0n) is 6.52. The van der Waals surface area contributed by atoms with Crippen LogP contribution in [0.2, 0.25) is 0 Å². The first kappa shape index (κ1) is 7.11. The SMILES string of the molecule is C/C1=C/C=C(/C)CC=C=C1. The van der Waals surface area contributed by atoms with Crippen molar-refractivity contribution in [2.24, 2.45) is 0 Å². The number of allylic oxidation sites excluding steroid dienone is 5. The zero-order valence-corrected chi connectivity index (χ0v) is 6.52. The van der Waals surface area contributed by atoms with Crippen molar-refractivity contribution in [2.75, 3.05) is 0 Å². The first-order chi connectivity index (χ1) is 4.79. The van der Waals surface area contributed by atoms with Gasteiger partial charge in [0.1, 0.15) is 0 Å². The monoisotopic (exact) mass is 132 g/mol. The average Bonchev–Trinajstić information content (AvgIpc) is 1.90. The molecule has 0 aromatic heterocycles. The number of hydrogen-bond donors (Lipinski definition) is 0. The second-order valence-electron chi connectivity index (χ2n) is 2.64. The smallest absolute Gasteiger partial charge is 0.00622 e. The van der Waals surface area contributed by atoms with Crippen LogP contribution in [0.3, 0.4) is 0 Å². The molecule has 52 valence electrons. The Hall–Kier alpha value is -1.00. The lowest BCUT2D eigenvalue weighted by molar-refractivity contribution is 1.21. The summed E-state index contributed by atoms with van der Waals surface area (Å²) in [6, 6.07) is 0. The van der Waals surface area contributed by atoms with E-state index in [0.29, 0.717) is 0 Å². The first-order valence-corrected chi connectivity index (χ1v) is 3.54. The van der Waals surface area contributed by atoms with Crippen LogP contribution >= 0.6 is 0 Å². The summed E-state index contributed by atoms with van der Waals surface area (Å²) in [5.41, 5.74) is 5.76.